The molecule has 2 aromatic carbocycles. The van der Waals surface area contributed by atoms with Crippen LogP contribution in [0.25, 0.3) is 11.1 Å². The Morgan fingerprint density at radius 1 is 1.10 bits per heavy atom. The van der Waals surface area contributed by atoms with Crippen LogP contribution in [0.1, 0.15) is 12.8 Å². The maximum absolute atomic E-state index is 10.3. The van der Waals surface area contributed by atoms with E-state index in [9.17, 15) is 5.11 Å². The average molecular weight is 348 g/mol. The van der Waals surface area contributed by atoms with Crippen LogP contribution in [0.2, 0.25) is 0 Å². The second-order valence-electron chi connectivity index (χ2n) is 5.18. The van der Waals surface area contributed by atoms with Crippen LogP contribution in [0.15, 0.2) is 40.9 Å². The van der Waals surface area contributed by atoms with E-state index in [0.717, 1.165) is 40.1 Å². The molecule has 0 bridgehead atoms. The highest BCUT2D eigenvalue weighted by Gasteiger charge is 2.23. The fourth-order valence-electron chi connectivity index (χ4n) is 2.91. The monoisotopic (exact) mass is 347 g/mol. The SMILES string of the molecule is COc1ccc(Br)c(N2CCCC2)c1-c1ccccc1O. The van der Waals surface area contributed by atoms with Gasteiger partial charge in [-0.25, -0.2) is 0 Å². The first-order valence-corrected chi connectivity index (χ1v) is 7.91. The summed E-state index contributed by atoms with van der Waals surface area (Å²) in [5.74, 6) is 1.05. The molecule has 3 rings (SSSR count). The lowest BCUT2D eigenvalue weighted by Crippen LogP contribution is -2.19. The van der Waals surface area contributed by atoms with E-state index in [0.29, 0.717) is 0 Å². The Morgan fingerprint density at radius 2 is 1.81 bits per heavy atom. The van der Waals surface area contributed by atoms with Crippen LogP contribution in [0, 0.1) is 0 Å². The molecular weight excluding hydrogens is 330 g/mol. The fraction of sp³-hybridized carbons (Fsp3) is 0.294. The van der Waals surface area contributed by atoms with Crippen LogP contribution in [0.3, 0.4) is 0 Å². The second-order valence-corrected chi connectivity index (χ2v) is 6.04. The smallest absolute Gasteiger partial charge is 0.128 e. The van der Waals surface area contributed by atoms with Gasteiger partial charge < -0.3 is 14.7 Å². The van der Waals surface area contributed by atoms with Gasteiger partial charge in [0.25, 0.3) is 0 Å². The van der Waals surface area contributed by atoms with Crippen LogP contribution in [0.4, 0.5) is 5.69 Å². The van der Waals surface area contributed by atoms with Gasteiger partial charge in [0.2, 0.25) is 0 Å². The largest absolute Gasteiger partial charge is 0.507 e. The Hall–Kier alpha value is -1.68. The van der Waals surface area contributed by atoms with Crippen molar-refractivity contribution < 1.29 is 9.84 Å². The molecule has 21 heavy (non-hydrogen) atoms. The molecule has 1 aliphatic rings. The summed E-state index contributed by atoms with van der Waals surface area (Å²) in [4.78, 5) is 2.36. The van der Waals surface area contributed by atoms with Gasteiger partial charge in [-0.2, -0.15) is 0 Å². The van der Waals surface area contributed by atoms with Gasteiger partial charge >= 0.3 is 0 Å². The summed E-state index contributed by atoms with van der Waals surface area (Å²) in [5, 5.41) is 10.3. The summed E-state index contributed by atoms with van der Waals surface area (Å²) in [5.41, 5.74) is 2.86. The van der Waals surface area contributed by atoms with Crippen LogP contribution in [0.5, 0.6) is 11.5 Å². The van der Waals surface area contributed by atoms with Crippen molar-refractivity contribution in [1.29, 1.82) is 0 Å². The number of methoxy groups -OCH3 is 1. The molecule has 2 aromatic rings. The van der Waals surface area contributed by atoms with Crippen LogP contribution >= 0.6 is 15.9 Å². The van der Waals surface area contributed by atoms with Crippen molar-refractivity contribution in [1.82, 2.24) is 0 Å². The predicted octanol–water partition coefficient (Wildman–Crippen LogP) is 4.43. The molecule has 0 atom stereocenters. The maximum atomic E-state index is 10.3. The van der Waals surface area contributed by atoms with E-state index in [1.807, 2.05) is 30.3 Å². The van der Waals surface area contributed by atoms with Crippen molar-refractivity contribution in [2.45, 2.75) is 12.8 Å². The number of hydrogen-bond donors (Lipinski definition) is 1. The first-order chi connectivity index (χ1) is 10.2. The second kappa shape index (κ2) is 5.98. The van der Waals surface area contributed by atoms with E-state index >= 15 is 0 Å². The number of benzene rings is 2. The third-order valence-electron chi connectivity index (χ3n) is 3.91. The van der Waals surface area contributed by atoms with E-state index in [2.05, 4.69) is 20.8 Å². The zero-order valence-electron chi connectivity index (χ0n) is 12.0. The number of hydrogen-bond acceptors (Lipinski definition) is 3. The molecule has 0 aliphatic carbocycles. The Kier molecular flexibility index (Phi) is 4.06. The van der Waals surface area contributed by atoms with E-state index in [-0.39, 0.29) is 5.75 Å². The normalized spacial score (nSPS) is 14.5. The van der Waals surface area contributed by atoms with Gasteiger partial charge in [-0.1, -0.05) is 18.2 Å². The van der Waals surface area contributed by atoms with Crippen molar-refractivity contribution in [3.63, 3.8) is 0 Å². The molecule has 1 aliphatic heterocycles. The van der Waals surface area contributed by atoms with Gasteiger partial charge in [0.1, 0.15) is 11.5 Å². The summed E-state index contributed by atoms with van der Waals surface area (Å²) in [6.45, 7) is 2.07. The number of para-hydroxylation sites is 1. The molecule has 4 heteroatoms. The molecular formula is C17H18BrNO2. The van der Waals surface area contributed by atoms with Crippen molar-refractivity contribution in [2.75, 3.05) is 25.1 Å². The average Bonchev–Trinajstić information content (AvgIpc) is 3.01. The Morgan fingerprint density at radius 3 is 2.48 bits per heavy atom. The molecule has 1 heterocycles. The van der Waals surface area contributed by atoms with E-state index in [4.69, 9.17) is 4.74 Å². The van der Waals surface area contributed by atoms with Crippen LogP contribution in [-0.4, -0.2) is 25.3 Å². The van der Waals surface area contributed by atoms with Crippen molar-refractivity contribution in [3.8, 4) is 22.6 Å². The molecule has 3 nitrogen and oxygen atoms in total. The van der Waals surface area contributed by atoms with E-state index in [1.165, 1.54) is 12.8 Å². The summed E-state index contributed by atoms with van der Waals surface area (Å²) in [6.07, 6.45) is 2.40. The van der Waals surface area contributed by atoms with Gasteiger partial charge in [-0.15, -0.1) is 0 Å². The lowest BCUT2D eigenvalue weighted by Gasteiger charge is -2.25. The van der Waals surface area contributed by atoms with Gasteiger partial charge in [-0.05, 0) is 47.0 Å². The summed E-state index contributed by atoms with van der Waals surface area (Å²) in [6, 6.07) is 11.4. The Balaban J connectivity index is 2.25. The molecule has 0 aromatic heterocycles. The van der Waals surface area contributed by atoms with Gasteiger partial charge in [-0.3, -0.25) is 0 Å². The zero-order chi connectivity index (χ0) is 14.8. The van der Waals surface area contributed by atoms with Gasteiger partial charge in [0.15, 0.2) is 0 Å². The minimum absolute atomic E-state index is 0.273. The predicted molar refractivity (Wildman–Crippen MR) is 89.2 cm³/mol. The van der Waals surface area contributed by atoms with Gasteiger partial charge in [0, 0.05) is 23.1 Å². The minimum atomic E-state index is 0.273. The van der Waals surface area contributed by atoms with Crippen molar-refractivity contribution >= 4 is 21.6 Å². The van der Waals surface area contributed by atoms with Crippen molar-refractivity contribution in [3.05, 3.63) is 40.9 Å². The number of phenolic OH excluding ortho intramolecular Hbond substituents is 1. The minimum Gasteiger partial charge on any atom is -0.507 e. The molecule has 1 N–H and O–H groups in total. The Labute approximate surface area is 133 Å². The highest BCUT2D eigenvalue weighted by Crippen LogP contribution is 2.46. The number of phenols is 1. The molecule has 110 valence electrons. The number of aromatic hydroxyl groups is 1. The van der Waals surface area contributed by atoms with Gasteiger partial charge in [0.05, 0.1) is 18.4 Å². The molecule has 0 amide bonds. The molecule has 1 fully saturated rings. The van der Waals surface area contributed by atoms with Crippen LogP contribution in [-0.2, 0) is 0 Å². The highest BCUT2D eigenvalue weighted by atomic mass is 79.9. The number of rotatable bonds is 3. The zero-order valence-corrected chi connectivity index (χ0v) is 13.6. The fourth-order valence-corrected chi connectivity index (χ4v) is 3.49. The molecule has 0 unspecified atom stereocenters. The molecule has 0 saturated carbocycles. The summed E-state index contributed by atoms with van der Waals surface area (Å²) in [7, 11) is 1.67. The number of halogens is 1. The number of ether oxygens (including phenoxy) is 1. The Bertz CT molecular complexity index is 651. The highest BCUT2D eigenvalue weighted by molar-refractivity contribution is 9.10. The standard InChI is InChI=1S/C17H18BrNO2/c1-21-15-9-8-13(18)17(19-10-4-5-11-19)16(15)12-6-2-3-7-14(12)20/h2-3,6-9,20H,4-5,10-11H2,1H3. The van der Waals surface area contributed by atoms with E-state index < -0.39 is 0 Å². The topological polar surface area (TPSA) is 32.7 Å². The molecule has 0 spiro atoms. The first-order valence-electron chi connectivity index (χ1n) is 7.12. The third-order valence-corrected chi connectivity index (χ3v) is 4.55. The number of anilines is 1. The maximum Gasteiger partial charge on any atom is 0.128 e. The summed E-state index contributed by atoms with van der Waals surface area (Å²) < 4.78 is 6.58. The number of nitrogens with zero attached hydrogens (tertiary/aromatic N) is 1. The quantitative estimate of drug-likeness (QED) is 0.891. The lowest BCUT2D eigenvalue weighted by atomic mass is 10.0. The lowest BCUT2D eigenvalue weighted by molar-refractivity contribution is 0.415. The molecule has 1 saturated heterocycles. The molecule has 0 radical (unpaired) electrons. The third kappa shape index (κ3) is 2.60. The first kappa shape index (κ1) is 14.3. The van der Waals surface area contributed by atoms with Crippen LogP contribution < -0.4 is 9.64 Å². The van der Waals surface area contributed by atoms with E-state index in [1.54, 1.807) is 13.2 Å². The summed E-state index contributed by atoms with van der Waals surface area (Å²) >= 11 is 3.66. The van der Waals surface area contributed by atoms with Crippen molar-refractivity contribution in [2.24, 2.45) is 0 Å².